The third-order valence-electron chi connectivity index (χ3n) is 5.09. The summed E-state index contributed by atoms with van der Waals surface area (Å²) in [5.41, 5.74) is 4.27. The van der Waals surface area contributed by atoms with Crippen molar-refractivity contribution in [1.82, 2.24) is 0 Å². The molecule has 1 aromatic heterocycles. The zero-order chi connectivity index (χ0) is 23.0. The number of nitrogens with zero attached hydrogens (tertiary/aromatic N) is 4. The predicted octanol–water partition coefficient (Wildman–Crippen LogP) is 5.11. The number of anilines is 1. The van der Waals surface area contributed by atoms with Crippen molar-refractivity contribution in [2.45, 2.75) is 39.8 Å². The first-order valence-corrected chi connectivity index (χ1v) is 13.0. The van der Waals surface area contributed by atoms with Gasteiger partial charge in [0, 0.05) is 29.9 Å². The average molecular weight is 473 g/mol. The van der Waals surface area contributed by atoms with Crippen LogP contribution in [-0.2, 0) is 23.2 Å². The summed E-state index contributed by atoms with van der Waals surface area (Å²) in [7, 11) is -4.16. The van der Waals surface area contributed by atoms with Gasteiger partial charge in [0.05, 0.1) is 21.8 Å². The van der Waals surface area contributed by atoms with Crippen LogP contribution in [0, 0.1) is 6.92 Å². The Labute approximate surface area is 193 Å². The van der Waals surface area contributed by atoms with Gasteiger partial charge in [0.1, 0.15) is 11.9 Å². The van der Waals surface area contributed by atoms with E-state index < -0.39 is 10.1 Å². The number of azo groups is 1. The van der Waals surface area contributed by atoms with Crippen LogP contribution in [-0.4, -0.2) is 25.3 Å². The molecule has 9 heteroatoms. The van der Waals surface area contributed by atoms with Crippen LogP contribution in [0.15, 0.2) is 70.3 Å². The topological polar surface area (TPSA) is 89.0 Å². The standard InChI is InChI=1S/C23H28N4O3S2/c1-3-26(18-20-9-5-4-6-10-20)21-11-12-22(19(2)17-21)24-25-23-27(14-15-31-23)13-7-8-16-32(28,29)30/h4-6,9-12,14-15,17H,3,7-8,13,16,18H2,1-2H3. The van der Waals surface area contributed by atoms with Crippen molar-refractivity contribution in [3.8, 4) is 0 Å². The minimum absolute atomic E-state index is 0.334. The third kappa shape index (κ3) is 7.22. The van der Waals surface area contributed by atoms with E-state index in [1.807, 2.05) is 35.2 Å². The smallest absolute Gasteiger partial charge is 0.408 e. The number of hydrogen-bond acceptors (Lipinski definition) is 7. The van der Waals surface area contributed by atoms with Gasteiger partial charge in [0.15, 0.2) is 0 Å². The molecule has 0 saturated heterocycles. The molecule has 2 aromatic carbocycles. The SMILES string of the molecule is CCN(Cc1ccccc1)c1ccc(N=Nc2scc[n+]2CCCCS(=O)(=O)[O-])c(C)c1. The Balaban J connectivity index is 1.65. The quantitative estimate of drug-likeness (QED) is 0.168. The van der Waals surface area contributed by atoms with Gasteiger partial charge in [0.2, 0.25) is 0 Å². The summed E-state index contributed by atoms with van der Waals surface area (Å²) in [6, 6.07) is 16.6. The Morgan fingerprint density at radius 3 is 2.56 bits per heavy atom. The second-order valence-electron chi connectivity index (χ2n) is 7.52. The molecule has 0 aliphatic rings. The molecule has 0 aliphatic heterocycles. The predicted molar refractivity (Wildman–Crippen MR) is 127 cm³/mol. The van der Waals surface area contributed by atoms with E-state index in [2.05, 4.69) is 58.5 Å². The molecule has 0 unspecified atom stereocenters. The van der Waals surface area contributed by atoms with Gasteiger partial charge in [-0.25, -0.2) is 13.0 Å². The highest BCUT2D eigenvalue weighted by atomic mass is 32.2. The van der Waals surface area contributed by atoms with Crippen molar-refractivity contribution < 1.29 is 17.5 Å². The Morgan fingerprint density at radius 1 is 1.09 bits per heavy atom. The molecule has 0 bridgehead atoms. The second kappa shape index (κ2) is 11.3. The van der Waals surface area contributed by atoms with E-state index >= 15 is 0 Å². The summed E-state index contributed by atoms with van der Waals surface area (Å²) in [5.74, 6) is -0.334. The van der Waals surface area contributed by atoms with Gasteiger partial charge in [-0.15, -0.1) is 0 Å². The molecular formula is C23H28N4O3S2. The molecule has 0 saturated carbocycles. The van der Waals surface area contributed by atoms with Crippen molar-refractivity contribution in [3.05, 3.63) is 71.2 Å². The van der Waals surface area contributed by atoms with E-state index in [1.54, 1.807) is 0 Å². The summed E-state index contributed by atoms with van der Waals surface area (Å²) < 4.78 is 34.1. The van der Waals surface area contributed by atoms with Crippen LogP contribution in [0.3, 0.4) is 0 Å². The van der Waals surface area contributed by atoms with E-state index in [9.17, 15) is 13.0 Å². The van der Waals surface area contributed by atoms with Crippen molar-refractivity contribution in [2.24, 2.45) is 10.2 Å². The Morgan fingerprint density at radius 2 is 1.88 bits per heavy atom. The number of hydrogen-bond donors (Lipinski definition) is 0. The normalized spacial score (nSPS) is 11.8. The molecule has 0 amide bonds. The maximum Gasteiger partial charge on any atom is 0.408 e. The van der Waals surface area contributed by atoms with Crippen molar-refractivity contribution in [1.29, 1.82) is 0 Å². The van der Waals surface area contributed by atoms with Crippen LogP contribution in [0.2, 0.25) is 0 Å². The Kier molecular flexibility index (Phi) is 8.49. The number of unbranched alkanes of at least 4 members (excludes halogenated alkanes) is 1. The second-order valence-corrected chi connectivity index (χ2v) is 9.92. The largest absolute Gasteiger partial charge is 0.748 e. The van der Waals surface area contributed by atoms with Crippen LogP contribution in [0.1, 0.15) is 30.9 Å². The molecule has 3 aromatic rings. The molecule has 0 aliphatic carbocycles. The van der Waals surface area contributed by atoms with E-state index in [4.69, 9.17) is 0 Å². The minimum atomic E-state index is -4.16. The molecule has 170 valence electrons. The van der Waals surface area contributed by atoms with Crippen LogP contribution in [0.4, 0.5) is 16.5 Å². The Bertz CT molecular complexity index is 1150. The summed E-state index contributed by atoms with van der Waals surface area (Å²) in [6.07, 6.45) is 2.82. The van der Waals surface area contributed by atoms with Crippen LogP contribution < -0.4 is 9.47 Å². The first kappa shape index (κ1) is 24.0. The Hall–Kier alpha value is -2.62. The van der Waals surface area contributed by atoms with Gasteiger partial charge in [-0.1, -0.05) is 30.3 Å². The zero-order valence-corrected chi connectivity index (χ0v) is 20.0. The number of aromatic nitrogens is 1. The van der Waals surface area contributed by atoms with E-state index in [1.165, 1.54) is 16.9 Å². The molecule has 0 atom stereocenters. The molecule has 0 N–H and O–H groups in total. The van der Waals surface area contributed by atoms with E-state index in [0.29, 0.717) is 19.4 Å². The first-order valence-electron chi connectivity index (χ1n) is 10.6. The molecule has 32 heavy (non-hydrogen) atoms. The zero-order valence-electron chi connectivity index (χ0n) is 18.3. The molecule has 1 heterocycles. The maximum atomic E-state index is 10.7. The lowest BCUT2D eigenvalue weighted by atomic mass is 10.1. The van der Waals surface area contributed by atoms with Gasteiger partial charge in [0.25, 0.3) is 0 Å². The highest BCUT2D eigenvalue weighted by Crippen LogP contribution is 2.27. The number of benzene rings is 2. The minimum Gasteiger partial charge on any atom is -0.748 e. The molecule has 0 radical (unpaired) electrons. The maximum absolute atomic E-state index is 10.7. The number of rotatable bonds is 11. The number of aryl methyl sites for hydroxylation is 2. The van der Waals surface area contributed by atoms with Gasteiger partial charge in [-0.3, -0.25) is 0 Å². The molecular weight excluding hydrogens is 444 g/mol. The lowest BCUT2D eigenvalue weighted by Crippen LogP contribution is -2.31. The van der Waals surface area contributed by atoms with Gasteiger partial charge < -0.3 is 9.45 Å². The highest BCUT2D eigenvalue weighted by Gasteiger charge is 2.13. The molecule has 7 nitrogen and oxygen atoms in total. The van der Waals surface area contributed by atoms with Crippen LogP contribution >= 0.6 is 11.3 Å². The van der Waals surface area contributed by atoms with Crippen molar-refractivity contribution >= 4 is 38.0 Å². The van der Waals surface area contributed by atoms with Gasteiger partial charge in [-0.2, -0.15) is 0 Å². The fourth-order valence-electron chi connectivity index (χ4n) is 3.34. The highest BCUT2D eigenvalue weighted by molar-refractivity contribution is 7.85. The fraction of sp³-hybridized carbons (Fsp3) is 0.348. The van der Waals surface area contributed by atoms with Crippen LogP contribution in [0.25, 0.3) is 0 Å². The fourth-order valence-corrected chi connectivity index (χ4v) is 4.61. The third-order valence-corrected chi connectivity index (χ3v) is 6.66. The van der Waals surface area contributed by atoms with E-state index in [-0.39, 0.29) is 5.75 Å². The summed E-state index contributed by atoms with van der Waals surface area (Å²) in [6.45, 7) is 6.52. The van der Waals surface area contributed by atoms with Gasteiger partial charge in [-0.05, 0) is 72.5 Å². The summed E-state index contributed by atoms with van der Waals surface area (Å²) in [5, 5.41) is 11.5. The lowest BCUT2D eigenvalue weighted by Gasteiger charge is -2.23. The lowest BCUT2D eigenvalue weighted by molar-refractivity contribution is -0.680. The first-order chi connectivity index (χ1) is 15.4. The van der Waals surface area contributed by atoms with Crippen LogP contribution in [0.5, 0.6) is 0 Å². The number of thiazole rings is 1. The monoisotopic (exact) mass is 472 g/mol. The van der Waals surface area contributed by atoms with Gasteiger partial charge >= 0.3 is 5.13 Å². The average Bonchev–Trinajstić information content (AvgIpc) is 3.21. The summed E-state index contributed by atoms with van der Waals surface area (Å²) in [4.78, 5) is 2.32. The molecule has 3 rings (SSSR count). The van der Waals surface area contributed by atoms with E-state index in [0.717, 1.165) is 35.2 Å². The molecule has 0 spiro atoms. The summed E-state index contributed by atoms with van der Waals surface area (Å²) >= 11 is 1.47. The van der Waals surface area contributed by atoms with Crippen molar-refractivity contribution in [2.75, 3.05) is 17.2 Å². The van der Waals surface area contributed by atoms with Crippen molar-refractivity contribution in [3.63, 3.8) is 0 Å². The molecule has 0 fully saturated rings.